The highest BCUT2D eigenvalue weighted by Crippen LogP contribution is 2.33. The van der Waals surface area contributed by atoms with Crippen molar-refractivity contribution in [3.05, 3.63) is 35.1 Å². The third-order valence-electron chi connectivity index (χ3n) is 1.86. The van der Waals surface area contributed by atoms with Gasteiger partial charge in [-0.15, -0.1) is 0 Å². The number of carbonyl (C=O) groups is 1. The molecule has 0 atom stereocenters. The van der Waals surface area contributed by atoms with Gasteiger partial charge >= 0.3 is 5.97 Å². The lowest BCUT2D eigenvalue weighted by Gasteiger charge is -2.16. The zero-order chi connectivity index (χ0) is 8.72. The summed E-state index contributed by atoms with van der Waals surface area (Å²) < 4.78 is 12.8. The van der Waals surface area contributed by atoms with Crippen molar-refractivity contribution in [3.8, 4) is 0 Å². The lowest BCUT2D eigenvalue weighted by Crippen LogP contribution is -2.09. The average molecular weight is 164 g/mol. The predicted molar refractivity (Wildman–Crippen MR) is 41.9 cm³/mol. The molecular weight excluding hydrogens is 159 g/mol. The molecule has 0 bridgehead atoms. The van der Waals surface area contributed by atoms with Crippen molar-refractivity contribution in [1.29, 1.82) is 0 Å². The molecule has 1 aliphatic rings. The van der Waals surface area contributed by atoms with Crippen molar-refractivity contribution < 1.29 is 14.3 Å². The highest BCUT2D eigenvalue weighted by molar-refractivity contribution is 6.26. The van der Waals surface area contributed by atoms with Crippen molar-refractivity contribution >= 4 is 17.6 Å². The number of hydrogen-bond donors (Lipinski definition) is 1. The molecule has 0 saturated heterocycles. The number of carboxylic acids is 1. The Morgan fingerprint density at radius 1 is 1.42 bits per heavy atom. The van der Waals surface area contributed by atoms with Crippen LogP contribution in [0, 0.1) is 5.82 Å². The first-order chi connectivity index (χ1) is 5.70. The fourth-order valence-corrected chi connectivity index (χ4v) is 1.24. The van der Waals surface area contributed by atoms with E-state index in [9.17, 15) is 9.18 Å². The summed E-state index contributed by atoms with van der Waals surface area (Å²) in [6.45, 7) is 0. The minimum Gasteiger partial charge on any atom is -0.478 e. The maximum Gasteiger partial charge on any atom is 0.336 e. The van der Waals surface area contributed by atoms with Crippen molar-refractivity contribution in [2.45, 2.75) is 0 Å². The molecule has 0 saturated carbocycles. The zero-order valence-electron chi connectivity index (χ0n) is 6.04. The summed E-state index contributed by atoms with van der Waals surface area (Å²) in [7, 11) is 0. The van der Waals surface area contributed by atoms with Crippen LogP contribution in [0.5, 0.6) is 0 Å². The Labute approximate surface area is 68.0 Å². The summed E-state index contributed by atoms with van der Waals surface area (Å²) in [5.41, 5.74) is 1.07. The number of rotatable bonds is 1. The van der Waals surface area contributed by atoms with Gasteiger partial charge in [0.2, 0.25) is 0 Å². The van der Waals surface area contributed by atoms with Gasteiger partial charge in [-0.1, -0.05) is 12.1 Å². The molecule has 0 spiro atoms. The van der Waals surface area contributed by atoms with E-state index >= 15 is 0 Å². The lowest BCUT2D eigenvalue weighted by molar-refractivity contribution is -0.130. The Morgan fingerprint density at radius 3 is 2.83 bits per heavy atom. The Hall–Kier alpha value is -1.64. The standard InChI is InChI=1S/C9H5FO2/c10-8-3-1-2-5-6(8)4-7(5)9(11)12/h1-4H,(H,11,12). The van der Waals surface area contributed by atoms with E-state index in [0.717, 1.165) is 0 Å². The number of carboxylic acid groups (broad SMARTS) is 1. The van der Waals surface area contributed by atoms with Crippen molar-refractivity contribution in [2.24, 2.45) is 0 Å². The molecule has 0 fully saturated rings. The maximum atomic E-state index is 12.8. The number of benzene rings is 1. The third-order valence-corrected chi connectivity index (χ3v) is 1.86. The Bertz CT molecular complexity index is 394. The number of aliphatic carboxylic acids is 1. The Balaban J connectivity index is 2.51. The molecule has 0 amide bonds. The molecule has 0 aromatic heterocycles. The van der Waals surface area contributed by atoms with Gasteiger partial charge in [-0.3, -0.25) is 0 Å². The maximum absolute atomic E-state index is 12.8. The van der Waals surface area contributed by atoms with E-state index in [-0.39, 0.29) is 11.4 Å². The minimum atomic E-state index is -1.01. The van der Waals surface area contributed by atoms with Crippen LogP contribution in [0.25, 0.3) is 11.6 Å². The summed E-state index contributed by atoms with van der Waals surface area (Å²) in [5, 5.41) is 8.58. The van der Waals surface area contributed by atoms with Gasteiger partial charge in [0.1, 0.15) is 5.82 Å². The van der Waals surface area contributed by atoms with E-state index in [0.29, 0.717) is 11.1 Å². The van der Waals surface area contributed by atoms with Crippen LogP contribution in [0.2, 0.25) is 0 Å². The Morgan fingerprint density at radius 2 is 2.17 bits per heavy atom. The van der Waals surface area contributed by atoms with Crippen LogP contribution in [0.15, 0.2) is 18.2 Å². The second-order valence-electron chi connectivity index (χ2n) is 2.56. The van der Waals surface area contributed by atoms with Gasteiger partial charge in [0.15, 0.2) is 0 Å². The van der Waals surface area contributed by atoms with Crippen LogP contribution >= 0.6 is 0 Å². The summed E-state index contributed by atoms with van der Waals surface area (Å²) >= 11 is 0. The molecular formula is C9H5FO2. The first-order valence-electron chi connectivity index (χ1n) is 3.44. The normalized spacial score (nSPS) is 12.9. The second-order valence-corrected chi connectivity index (χ2v) is 2.56. The monoisotopic (exact) mass is 164 g/mol. The van der Waals surface area contributed by atoms with Crippen molar-refractivity contribution in [2.75, 3.05) is 0 Å². The van der Waals surface area contributed by atoms with Gasteiger partial charge in [-0.25, -0.2) is 9.18 Å². The van der Waals surface area contributed by atoms with E-state index in [1.54, 1.807) is 6.07 Å². The fraction of sp³-hybridized carbons (Fsp3) is 0. The van der Waals surface area contributed by atoms with Crippen LogP contribution in [-0.2, 0) is 4.79 Å². The molecule has 1 aromatic carbocycles. The number of hydrogen-bond acceptors (Lipinski definition) is 1. The van der Waals surface area contributed by atoms with E-state index < -0.39 is 5.97 Å². The van der Waals surface area contributed by atoms with Crippen LogP contribution < -0.4 is 0 Å². The summed E-state index contributed by atoms with van der Waals surface area (Å²) in [6, 6.07) is 4.42. The molecule has 0 aliphatic heterocycles. The summed E-state index contributed by atoms with van der Waals surface area (Å²) in [6.07, 6.45) is 1.34. The van der Waals surface area contributed by atoms with Gasteiger partial charge in [-0.05, 0) is 17.7 Å². The van der Waals surface area contributed by atoms with Crippen LogP contribution in [0.4, 0.5) is 4.39 Å². The van der Waals surface area contributed by atoms with E-state index in [2.05, 4.69) is 0 Å². The first kappa shape index (κ1) is 7.03. The van der Waals surface area contributed by atoms with Gasteiger partial charge < -0.3 is 5.11 Å². The molecule has 1 aliphatic carbocycles. The summed E-state index contributed by atoms with van der Waals surface area (Å²) in [5.74, 6) is -1.37. The van der Waals surface area contributed by atoms with E-state index in [1.165, 1.54) is 18.2 Å². The van der Waals surface area contributed by atoms with Crippen molar-refractivity contribution in [3.63, 3.8) is 0 Å². The van der Waals surface area contributed by atoms with Gasteiger partial charge in [0.25, 0.3) is 0 Å². The van der Waals surface area contributed by atoms with Crippen LogP contribution in [0.1, 0.15) is 11.1 Å². The third kappa shape index (κ3) is 0.763. The molecule has 2 rings (SSSR count). The van der Waals surface area contributed by atoms with E-state index in [4.69, 9.17) is 5.11 Å². The molecule has 1 N–H and O–H groups in total. The molecule has 60 valence electrons. The lowest BCUT2D eigenvalue weighted by atomic mass is 9.88. The fourth-order valence-electron chi connectivity index (χ4n) is 1.24. The van der Waals surface area contributed by atoms with Gasteiger partial charge in [0.05, 0.1) is 5.57 Å². The first-order valence-corrected chi connectivity index (χ1v) is 3.44. The highest BCUT2D eigenvalue weighted by Gasteiger charge is 2.23. The van der Waals surface area contributed by atoms with Gasteiger partial charge in [0, 0.05) is 5.56 Å². The number of halogens is 1. The molecule has 3 heteroatoms. The second kappa shape index (κ2) is 2.17. The topological polar surface area (TPSA) is 37.3 Å². The predicted octanol–water partition coefficient (Wildman–Crippen LogP) is 1.76. The average Bonchev–Trinajstić information content (AvgIpc) is 1.92. The van der Waals surface area contributed by atoms with Crippen LogP contribution in [0.3, 0.4) is 0 Å². The molecule has 0 unspecified atom stereocenters. The van der Waals surface area contributed by atoms with Crippen LogP contribution in [-0.4, -0.2) is 11.1 Å². The Kier molecular flexibility index (Phi) is 1.27. The van der Waals surface area contributed by atoms with E-state index in [1.807, 2.05) is 0 Å². The SMILES string of the molecule is O=C(O)C1=Cc2c(F)cccc21. The summed E-state index contributed by atoms with van der Waals surface area (Å²) in [4.78, 5) is 10.5. The molecule has 0 radical (unpaired) electrons. The molecule has 12 heavy (non-hydrogen) atoms. The minimum absolute atomic E-state index is 0.185. The highest BCUT2D eigenvalue weighted by atomic mass is 19.1. The number of fused-ring (bicyclic) bond motifs is 1. The smallest absolute Gasteiger partial charge is 0.336 e. The van der Waals surface area contributed by atoms with Gasteiger partial charge in [-0.2, -0.15) is 0 Å². The molecule has 0 heterocycles. The molecule has 2 nitrogen and oxygen atoms in total. The van der Waals surface area contributed by atoms with Crippen molar-refractivity contribution in [1.82, 2.24) is 0 Å². The largest absolute Gasteiger partial charge is 0.478 e. The quantitative estimate of drug-likeness (QED) is 0.686. The molecule has 1 aromatic rings. The zero-order valence-corrected chi connectivity index (χ0v) is 6.04.